The maximum atomic E-state index is 5.80. The smallest absolute Gasteiger partial charge is 0.115 e. The van der Waals surface area contributed by atoms with Gasteiger partial charge in [0.25, 0.3) is 0 Å². The highest BCUT2D eigenvalue weighted by atomic mass is 35.5. The van der Waals surface area contributed by atoms with E-state index in [2.05, 4.69) is 4.98 Å². The summed E-state index contributed by atoms with van der Waals surface area (Å²) in [7, 11) is 5.56. The number of benzene rings is 1. The molecule has 1 heterocycles. The number of aromatic nitrogens is 1. The third-order valence-electron chi connectivity index (χ3n) is 2.15. The minimum atomic E-state index is 0.690. The van der Waals surface area contributed by atoms with Crippen LogP contribution in [0.3, 0.4) is 0 Å². The summed E-state index contributed by atoms with van der Waals surface area (Å²) in [5, 5.41) is 0.754. The Morgan fingerprint density at radius 1 is 1.07 bits per heavy atom. The molecule has 0 aliphatic carbocycles. The van der Waals surface area contributed by atoms with E-state index in [0.29, 0.717) is 5.46 Å². The first-order valence-electron chi connectivity index (χ1n) is 4.69. The first kappa shape index (κ1) is 10.2. The molecule has 0 unspecified atom stereocenters. The van der Waals surface area contributed by atoms with E-state index in [4.69, 9.17) is 19.4 Å². The summed E-state index contributed by atoms with van der Waals surface area (Å²) in [5.74, 6) is 0. The average molecular weight is 213 g/mol. The van der Waals surface area contributed by atoms with Crippen LogP contribution >= 0.6 is 11.6 Å². The summed E-state index contributed by atoms with van der Waals surface area (Å²) in [6, 6.07) is 11.6. The Morgan fingerprint density at radius 2 is 1.80 bits per heavy atom. The Kier molecular flexibility index (Phi) is 3.07. The lowest BCUT2D eigenvalue weighted by Crippen LogP contribution is -2.04. The molecule has 0 aliphatic heterocycles. The normalized spacial score (nSPS) is 10.2. The summed E-state index contributed by atoms with van der Waals surface area (Å²) in [6.45, 7) is 0. The molecule has 0 saturated heterocycles. The maximum absolute atomic E-state index is 5.80. The van der Waals surface area contributed by atoms with Gasteiger partial charge in [-0.3, -0.25) is 4.98 Å². The molecule has 0 fully saturated rings. The second-order valence-corrected chi connectivity index (χ2v) is 3.82. The van der Waals surface area contributed by atoms with Gasteiger partial charge in [0, 0.05) is 23.3 Å². The SMILES string of the molecule is [B]c1ccc(Cc2ccc(Cl)cc2)nc1. The molecule has 72 valence electrons. The zero-order valence-corrected chi connectivity index (χ0v) is 8.91. The molecule has 2 rings (SSSR count). The molecular formula is C12H9BClN. The lowest BCUT2D eigenvalue weighted by atomic mass is 9.98. The second kappa shape index (κ2) is 4.50. The minimum absolute atomic E-state index is 0.690. The largest absolute Gasteiger partial charge is 0.262 e. The average Bonchev–Trinajstić information content (AvgIpc) is 2.25. The van der Waals surface area contributed by atoms with Gasteiger partial charge in [0.15, 0.2) is 0 Å². The number of hydrogen-bond acceptors (Lipinski definition) is 1. The number of rotatable bonds is 2. The van der Waals surface area contributed by atoms with Gasteiger partial charge in [0.2, 0.25) is 0 Å². The zero-order valence-electron chi connectivity index (χ0n) is 8.15. The van der Waals surface area contributed by atoms with E-state index in [1.807, 2.05) is 36.4 Å². The van der Waals surface area contributed by atoms with Crippen molar-refractivity contribution in [2.24, 2.45) is 0 Å². The first-order chi connectivity index (χ1) is 7.24. The Hall–Kier alpha value is -1.28. The molecule has 2 radical (unpaired) electrons. The summed E-state index contributed by atoms with van der Waals surface area (Å²) in [5.41, 5.74) is 2.89. The predicted octanol–water partition coefficient (Wildman–Crippen LogP) is 2.12. The lowest BCUT2D eigenvalue weighted by molar-refractivity contribution is 1.08. The number of hydrogen-bond donors (Lipinski definition) is 0. The van der Waals surface area contributed by atoms with Crippen LogP contribution in [0.2, 0.25) is 5.02 Å². The third-order valence-corrected chi connectivity index (χ3v) is 2.40. The van der Waals surface area contributed by atoms with E-state index < -0.39 is 0 Å². The Labute approximate surface area is 95.5 Å². The minimum Gasteiger partial charge on any atom is -0.262 e. The van der Waals surface area contributed by atoms with Gasteiger partial charge in [-0.15, -0.1) is 0 Å². The highest BCUT2D eigenvalue weighted by Crippen LogP contribution is 2.11. The predicted molar refractivity (Wildman–Crippen MR) is 63.9 cm³/mol. The van der Waals surface area contributed by atoms with Crippen LogP contribution in [0.4, 0.5) is 0 Å². The Morgan fingerprint density at radius 3 is 2.40 bits per heavy atom. The molecule has 0 bridgehead atoms. The molecule has 0 amide bonds. The quantitative estimate of drug-likeness (QED) is 0.697. The van der Waals surface area contributed by atoms with E-state index in [9.17, 15) is 0 Å². The number of nitrogens with zero attached hydrogens (tertiary/aromatic N) is 1. The number of pyridine rings is 1. The van der Waals surface area contributed by atoms with Gasteiger partial charge >= 0.3 is 0 Å². The number of halogens is 1. The summed E-state index contributed by atoms with van der Waals surface area (Å²) < 4.78 is 0. The van der Waals surface area contributed by atoms with Crippen LogP contribution in [0.15, 0.2) is 42.6 Å². The fourth-order valence-electron chi connectivity index (χ4n) is 1.35. The fraction of sp³-hybridized carbons (Fsp3) is 0.0833. The van der Waals surface area contributed by atoms with Gasteiger partial charge in [-0.25, -0.2) is 0 Å². The molecular weight excluding hydrogens is 204 g/mol. The highest BCUT2D eigenvalue weighted by Gasteiger charge is 1.97. The standard InChI is InChI=1S/C12H9BClN/c13-10-3-6-12(15-8-10)7-9-1-4-11(14)5-2-9/h1-6,8H,7H2. The topological polar surface area (TPSA) is 12.9 Å². The highest BCUT2D eigenvalue weighted by molar-refractivity contribution is 6.32. The first-order valence-corrected chi connectivity index (χ1v) is 5.07. The van der Waals surface area contributed by atoms with Crippen molar-refractivity contribution in [1.82, 2.24) is 4.98 Å². The molecule has 1 aromatic carbocycles. The van der Waals surface area contributed by atoms with Gasteiger partial charge < -0.3 is 0 Å². The Balaban J connectivity index is 2.15. The van der Waals surface area contributed by atoms with Crippen LogP contribution in [-0.4, -0.2) is 12.8 Å². The summed E-state index contributed by atoms with van der Waals surface area (Å²) in [6.07, 6.45) is 2.47. The summed E-state index contributed by atoms with van der Waals surface area (Å²) >= 11 is 5.80. The molecule has 0 N–H and O–H groups in total. The van der Waals surface area contributed by atoms with Crippen LogP contribution in [0.25, 0.3) is 0 Å². The van der Waals surface area contributed by atoms with Gasteiger partial charge in [-0.2, -0.15) is 0 Å². The third kappa shape index (κ3) is 2.83. The van der Waals surface area contributed by atoms with Crippen LogP contribution in [-0.2, 0) is 6.42 Å². The van der Waals surface area contributed by atoms with Gasteiger partial charge in [0.1, 0.15) is 7.85 Å². The molecule has 0 atom stereocenters. The van der Waals surface area contributed by atoms with E-state index in [-0.39, 0.29) is 0 Å². The van der Waals surface area contributed by atoms with Gasteiger partial charge in [0.05, 0.1) is 0 Å². The molecule has 15 heavy (non-hydrogen) atoms. The lowest BCUT2D eigenvalue weighted by Gasteiger charge is -2.01. The van der Waals surface area contributed by atoms with E-state index in [1.54, 1.807) is 6.20 Å². The van der Waals surface area contributed by atoms with Crippen molar-refractivity contribution < 1.29 is 0 Å². The van der Waals surface area contributed by atoms with Crippen molar-refractivity contribution in [2.75, 3.05) is 0 Å². The zero-order chi connectivity index (χ0) is 10.7. The van der Waals surface area contributed by atoms with Crippen molar-refractivity contribution in [3.63, 3.8) is 0 Å². The molecule has 0 spiro atoms. The Bertz CT molecular complexity index is 393. The maximum Gasteiger partial charge on any atom is 0.115 e. The van der Waals surface area contributed by atoms with Crippen LogP contribution in [0.1, 0.15) is 11.3 Å². The van der Waals surface area contributed by atoms with Crippen molar-refractivity contribution in [1.29, 1.82) is 0 Å². The van der Waals surface area contributed by atoms with Crippen molar-refractivity contribution >= 4 is 24.9 Å². The van der Waals surface area contributed by atoms with E-state index in [0.717, 1.165) is 17.1 Å². The molecule has 1 nitrogen and oxygen atoms in total. The van der Waals surface area contributed by atoms with Gasteiger partial charge in [-0.1, -0.05) is 35.3 Å². The van der Waals surface area contributed by atoms with E-state index in [1.165, 1.54) is 5.56 Å². The monoisotopic (exact) mass is 213 g/mol. The molecule has 1 aromatic heterocycles. The molecule has 3 heteroatoms. The van der Waals surface area contributed by atoms with Crippen molar-refractivity contribution in [2.45, 2.75) is 6.42 Å². The summed E-state index contributed by atoms with van der Waals surface area (Å²) in [4.78, 5) is 4.24. The molecule has 0 saturated carbocycles. The molecule has 0 aliphatic rings. The van der Waals surface area contributed by atoms with Crippen LogP contribution in [0, 0.1) is 0 Å². The second-order valence-electron chi connectivity index (χ2n) is 3.39. The van der Waals surface area contributed by atoms with E-state index >= 15 is 0 Å². The van der Waals surface area contributed by atoms with Crippen LogP contribution in [0.5, 0.6) is 0 Å². The van der Waals surface area contributed by atoms with Crippen molar-refractivity contribution in [3.05, 3.63) is 58.9 Å². The van der Waals surface area contributed by atoms with Crippen LogP contribution < -0.4 is 5.46 Å². The van der Waals surface area contributed by atoms with Crippen molar-refractivity contribution in [3.8, 4) is 0 Å². The van der Waals surface area contributed by atoms with Gasteiger partial charge in [-0.05, 0) is 23.8 Å². The fourth-order valence-corrected chi connectivity index (χ4v) is 1.48. The molecule has 2 aromatic rings.